The average Bonchev–Trinajstić information content (AvgIpc) is 2.95. The lowest BCUT2D eigenvalue weighted by Gasteiger charge is -2.04. The molecule has 9 heteroatoms. The average molecular weight is 279 g/mol. The van der Waals surface area contributed by atoms with Crippen molar-refractivity contribution in [2.75, 3.05) is 14.2 Å². The second-order valence-corrected chi connectivity index (χ2v) is 3.55. The number of esters is 1. The van der Waals surface area contributed by atoms with Crippen LogP contribution in [0.4, 0.5) is 5.69 Å². The van der Waals surface area contributed by atoms with Gasteiger partial charge in [0.2, 0.25) is 0 Å². The Bertz CT molecular complexity index is 666. The van der Waals surface area contributed by atoms with Gasteiger partial charge in [0.1, 0.15) is 5.75 Å². The van der Waals surface area contributed by atoms with Crippen molar-refractivity contribution in [3.63, 3.8) is 0 Å². The van der Waals surface area contributed by atoms with Gasteiger partial charge in [-0.05, 0) is 6.07 Å². The minimum atomic E-state index is -0.773. The third-order valence-electron chi connectivity index (χ3n) is 2.41. The Morgan fingerprint density at radius 2 is 2.10 bits per heavy atom. The van der Waals surface area contributed by atoms with Crippen molar-refractivity contribution in [2.24, 2.45) is 0 Å². The van der Waals surface area contributed by atoms with Crippen LogP contribution in [0.3, 0.4) is 0 Å². The SMILES string of the molecule is COC(=O)c1nnc(-c2ccc([N+](=O)[O-])cc2OC)o1. The molecule has 0 aliphatic rings. The topological polar surface area (TPSA) is 118 Å². The summed E-state index contributed by atoms with van der Waals surface area (Å²) in [5.41, 5.74) is 0.194. The van der Waals surface area contributed by atoms with Crippen LogP contribution < -0.4 is 4.74 Å². The summed E-state index contributed by atoms with van der Waals surface area (Å²) in [5.74, 6) is -0.913. The molecule has 1 aromatic carbocycles. The van der Waals surface area contributed by atoms with Gasteiger partial charge in [0.05, 0.1) is 30.8 Å². The molecule has 0 aliphatic carbocycles. The number of carbonyl (C=O) groups excluding carboxylic acids is 1. The molecule has 0 bridgehead atoms. The third kappa shape index (κ3) is 2.41. The first-order chi connectivity index (χ1) is 9.56. The summed E-state index contributed by atoms with van der Waals surface area (Å²) >= 11 is 0. The predicted octanol–water partition coefficient (Wildman–Crippen LogP) is 1.44. The Labute approximate surface area is 112 Å². The highest BCUT2D eigenvalue weighted by molar-refractivity contribution is 5.84. The van der Waals surface area contributed by atoms with E-state index >= 15 is 0 Å². The summed E-state index contributed by atoms with van der Waals surface area (Å²) < 4.78 is 14.6. The lowest BCUT2D eigenvalue weighted by atomic mass is 10.2. The van der Waals surface area contributed by atoms with Gasteiger partial charge in [-0.2, -0.15) is 0 Å². The largest absolute Gasteiger partial charge is 0.496 e. The first-order valence-corrected chi connectivity index (χ1v) is 5.31. The van der Waals surface area contributed by atoms with Crippen molar-refractivity contribution in [1.82, 2.24) is 10.2 Å². The summed E-state index contributed by atoms with van der Waals surface area (Å²) in [5, 5.41) is 17.9. The van der Waals surface area contributed by atoms with Gasteiger partial charge in [-0.15, -0.1) is 10.2 Å². The second-order valence-electron chi connectivity index (χ2n) is 3.55. The van der Waals surface area contributed by atoms with Crippen LogP contribution >= 0.6 is 0 Å². The Balaban J connectivity index is 2.44. The van der Waals surface area contributed by atoms with Gasteiger partial charge >= 0.3 is 11.9 Å². The molecule has 0 amide bonds. The fraction of sp³-hybridized carbons (Fsp3) is 0.182. The number of rotatable bonds is 4. The Hall–Kier alpha value is -2.97. The summed E-state index contributed by atoms with van der Waals surface area (Å²) in [4.78, 5) is 21.3. The molecule has 0 spiro atoms. The molecule has 1 aromatic heterocycles. The van der Waals surface area contributed by atoms with Crippen LogP contribution in [0.5, 0.6) is 5.75 Å². The fourth-order valence-electron chi connectivity index (χ4n) is 1.47. The molecule has 0 atom stereocenters. The van der Waals surface area contributed by atoms with Gasteiger partial charge in [-0.3, -0.25) is 10.1 Å². The summed E-state index contributed by atoms with van der Waals surface area (Å²) in [6.07, 6.45) is 0. The number of ether oxygens (including phenoxy) is 2. The standard InChI is InChI=1S/C11H9N3O6/c1-18-8-5-6(14(16)17)3-4-7(8)9-12-13-10(20-9)11(15)19-2/h3-5H,1-2H3. The van der Waals surface area contributed by atoms with Crippen LogP contribution in [-0.2, 0) is 4.74 Å². The number of nitro groups is 1. The van der Waals surface area contributed by atoms with Crippen molar-refractivity contribution < 1.29 is 23.6 Å². The normalized spacial score (nSPS) is 10.1. The molecule has 1 heterocycles. The van der Waals surface area contributed by atoms with E-state index in [-0.39, 0.29) is 23.2 Å². The van der Waals surface area contributed by atoms with Crippen molar-refractivity contribution in [2.45, 2.75) is 0 Å². The number of nitrogens with zero attached hydrogens (tertiary/aromatic N) is 3. The molecule has 0 N–H and O–H groups in total. The van der Waals surface area contributed by atoms with Crippen LogP contribution in [0, 0.1) is 10.1 Å². The van der Waals surface area contributed by atoms with Crippen LogP contribution in [0.2, 0.25) is 0 Å². The molecule has 2 rings (SSSR count). The fourth-order valence-corrected chi connectivity index (χ4v) is 1.47. The van der Waals surface area contributed by atoms with Crippen LogP contribution in [-0.4, -0.2) is 35.3 Å². The van der Waals surface area contributed by atoms with E-state index < -0.39 is 10.9 Å². The van der Waals surface area contributed by atoms with Gasteiger partial charge in [-0.1, -0.05) is 0 Å². The minimum absolute atomic E-state index is 0.00264. The molecular formula is C11H9N3O6. The number of hydrogen-bond donors (Lipinski definition) is 0. The van der Waals surface area contributed by atoms with Gasteiger partial charge < -0.3 is 13.9 Å². The molecule has 2 aromatic rings. The van der Waals surface area contributed by atoms with Crippen LogP contribution in [0.25, 0.3) is 11.5 Å². The molecule has 9 nitrogen and oxygen atoms in total. The number of hydrogen-bond acceptors (Lipinski definition) is 8. The maximum Gasteiger partial charge on any atom is 0.396 e. The maximum atomic E-state index is 11.2. The van der Waals surface area contributed by atoms with E-state index in [0.717, 1.165) is 0 Å². The summed E-state index contributed by atoms with van der Waals surface area (Å²) in [6.45, 7) is 0. The zero-order valence-corrected chi connectivity index (χ0v) is 10.5. The van der Waals surface area contributed by atoms with E-state index in [1.807, 2.05) is 0 Å². The lowest BCUT2D eigenvalue weighted by molar-refractivity contribution is -0.384. The van der Waals surface area contributed by atoms with Gasteiger partial charge in [0.25, 0.3) is 11.6 Å². The highest BCUT2D eigenvalue weighted by Crippen LogP contribution is 2.32. The third-order valence-corrected chi connectivity index (χ3v) is 2.41. The van der Waals surface area contributed by atoms with Crippen molar-refractivity contribution in [3.8, 4) is 17.2 Å². The molecule has 20 heavy (non-hydrogen) atoms. The van der Waals surface area contributed by atoms with E-state index in [1.165, 1.54) is 32.4 Å². The summed E-state index contributed by atoms with van der Waals surface area (Å²) in [7, 11) is 2.53. The summed E-state index contributed by atoms with van der Waals surface area (Å²) in [6, 6.07) is 3.88. The molecule has 0 fully saturated rings. The highest BCUT2D eigenvalue weighted by Gasteiger charge is 2.20. The highest BCUT2D eigenvalue weighted by atomic mass is 16.6. The van der Waals surface area contributed by atoms with Crippen molar-refractivity contribution >= 4 is 11.7 Å². The van der Waals surface area contributed by atoms with Crippen molar-refractivity contribution in [1.29, 1.82) is 0 Å². The van der Waals surface area contributed by atoms with Crippen LogP contribution in [0.15, 0.2) is 22.6 Å². The minimum Gasteiger partial charge on any atom is -0.496 e. The number of non-ortho nitro benzene ring substituents is 1. The van der Waals surface area contributed by atoms with E-state index in [1.54, 1.807) is 0 Å². The van der Waals surface area contributed by atoms with E-state index in [0.29, 0.717) is 5.56 Å². The predicted molar refractivity (Wildman–Crippen MR) is 64.3 cm³/mol. The van der Waals surface area contributed by atoms with Crippen LogP contribution in [0.1, 0.15) is 10.7 Å². The zero-order chi connectivity index (χ0) is 14.7. The number of nitro benzene ring substituents is 1. The number of benzene rings is 1. The number of aromatic nitrogens is 2. The van der Waals surface area contributed by atoms with Gasteiger partial charge in [0.15, 0.2) is 0 Å². The van der Waals surface area contributed by atoms with Gasteiger partial charge in [0, 0.05) is 6.07 Å². The number of carbonyl (C=O) groups is 1. The molecular weight excluding hydrogens is 270 g/mol. The second kappa shape index (κ2) is 5.34. The Kier molecular flexibility index (Phi) is 3.60. The first kappa shape index (κ1) is 13.5. The van der Waals surface area contributed by atoms with E-state index in [9.17, 15) is 14.9 Å². The van der Waals surface area contributed by atoms with Gasteiger partial charge in [-0.25, -0.2) is 4.79 Å². The lowest BCUT2D eigenvalue weighted by Crippen LogP contribution is -2.00. The molecule has 0 radical (unpaired) electrons. The quantitative estimate of drug-likeness (QED) is 0.468. The smallest absolute Gasteiger partial charge is 0.396 e. The Morgan fingerprint density at radius 1 is 1.35 bits per heavy atom. The molecule has 104 valence electrons. The van der Waals surface area contributed by atoms with Crippen molar-refractivity contribution in [3.05, 3.63) is 34.2 Å². The maximum absolute atomic E-state index is 11.2. The van der Waals surface area contributed by atoms with E-state index in [4.69, 9.17) is 9.15 Å². The zero-order valence-electron chi connectivity index (χ0n) is 10.5. The molecule has 0 saturated heterocycles. The molecule has 0 aliphatic heterocycles. The first-order valence-electron chi connectivity index (χ1n) is 5.31. The molecule has 0 saturated carbocycles. The monoisotopic (exact) mass is 279 g/mol. The molecule has 0 unspecified atom stereocenters. The Morgan fingerprint density at radius 3 is 2.70 bits per heavy atom. The number of methoxy groups -OCH3 is 2. The van der Waals surface area contributed by atoms with E-state index in [2.05, 4.69) is 14.9 Å².